The lowest BCUT2D eigenvalue weighted by Gasteiger charge is -2.42. The number of ketones is 3. The number of hydrogen-bond acceptors (Lipinski definition) is 14. The van der Waals surface area contributed by atoms with Crippen molar-refractivity contribution in [3.63, 3.8) is 0 Å². The van der Waals surface area contributed by atoms with Crippen LogP contribution >= 0.6 is 0 Å². The molecular formula is C54H85NO14. The summed E-state index contributed by atoms with van der Waals surface area (Å²) in [5.41, 5.74) is 1.53. The third-order valence-electron chi connectivity index (χ3n) is 15.1. The number of esters is 1. The maximum Gasteiger partial charge on any atom is 0.329 e. The number of carbonyl (C=O) groups excluding carboxylic acids is 5. The van der Waals surface area contributed by atoms with Crippen molar-refractivity contribution in [2.75, 3.05) is 48.2 Å². The summed E-state index contributed by atoms with van der Waals surface area (Å²) in [6.45, 7) is 13.3. The molecule has 3 aliphatic heterocycles. The number of allylic oxidation sites excluding steroid dienone is 6. The third-order valence-corrected chi connectivity index (χ3v) is 15.1. The standard InChI is InChI=1S/C54H85NO14/c1-33-17-13-12-14-18-34(2)45(63-8)31-41-22-20-39(7)54(62,69-41)51(59)52(60)55-24-16-15-19-42(55)53(61)68-46(36(4)29-40-21-23-44(67-26-25-56)47(30-40)64-9)32-43(57)35(3)28-38(6)49(65-10)50(66-11)48(58)37(5)27-33/h12-14,17-18,28,33,35-37,39-42,44-47,49-50,56,62H,15-16,19-27,29-32H2,1-11H3/b14-12?,17-13+,34-18?,38-28+/t33-,35-,36-,37-,39-,40+,41+,42+,44-,45+,46+,47-,49-,50+,54-/m1/s1. The van der Waals surface area contributed by atoms with Crippen molar-refractivity contribution in [1.29, 1.82) is 0 Å². The van der Waals surface area contributed by atoms with Gasteiger partial charge in [-0.25, -0.2) is 4.79 Å². The molecule has 15 nitrogen and oxygen atoms in total. The van der Waals surface area contributed by atoms with Gasteiger partial charge in [-0.1, -0.05) is 71.1 Å². The number of fused-ring (bicyclic) bond motifs is 3. The van der Waals surface area contributed by atoms with Gasteiger partial charge in [-0.2, -0.15) is 0 Å². The summed E-state index contributed by atoms with van der Waals surface area (Å²) in [4.78, 5) is 72.6. The summed E-state index contributed by atoms with van der Waals surface area (Å²) in [6.07, 6.45) is 13.4. The lowest BCUT2D eigenvalue weighted by Crippen LogP contribution is -2.61. The molecule has 1 aliphatic carbocycles. The first-order valence-corrected chi connectivity index (χ1v) is 25.4. The van der Waals surface area contributed by atoms with Crippen LogP contribution in [-0.2, 0) is 57.1 Å². The van der Waals surface area contributed by atoms with Crippen molar-refractivity contribution in [3.8, 4) is 0 Å². The summed E-state index contributed by atoms with van der Waals surface area (Å²) in [5, 5.41) is 21.4. The Hall–Kier alpha value is -3.41. The normalized spacial score (nSPS) is 37.6. The van der Waals surface area contributed by atoms with E-state index in [1.807, 2.05) is 65.0 Å². The fourth-order valence-electron chi connectivity index (χ4n) is 10.8. The van der Waals surface area contributed by atoms with Gasteiger partial charge in [-0.15, -0.1) is 0 Å². The van der Waals surface area contributed by atoms with E-state index in [9.17, 15) is 34.2 Å². The van der Waals surface area contributed by atoms with Gasteiger partial charge in [0.15, 0.2) is 5.78 Å². The average Bonchev–Trinajstić information content (AvgIpc) is 3.33. The summed E-state index contributed by atoms with van der Waals surface area (Å²) in [6, 6.07) is -1.13. The van der Waals surface area contributed by atoms with Crippen LogP contribution in [0.15, 0.2) is 47.6 Å². The highest BCUT2D eigenvalue weighted by Gasteiger charge is 2.53. The Morgan fingerprint density at radius 3 is 2.20 bits per heavy atom. The molecule has 0 spiro atoms. The molecule has 69 heavy (non-hydrogen) atoms. The number of cyclic esters (lactones) is 1. The molecule has 2 bridgehead atoms. The minimum Gasteiger partial charge on any atom is -0.460 e. The van der Waals surface area contributed by atoms with Crippen LogP contribution in [-0.4, -0.2) is 147 Å². The van der Waals surface area contributed by atoms with E-state index in [1.54, 1.807) is 34.1 Å². The molecule has 0 aromatic carbocycles. The summed E-state index contributed by atoms with van der Waals surface area (Å²) in [5.74, 6) is -7.45. The molecule has 3 fully saturated rings. The molecule has 2 N–H and O–H groups in total. The second-order valence-electron chi connectivity index (χ2n) is 20.4. The zero-order chi connectivity index (χ0) is 51.0. The van der Waals surface area contributed by atoms with E-state index in [0.29, 0.717) is 63.4 Å². The van der Waals surface area contributed by atoms with Crippen LogP contribution in [0.4, 0.5) is 0 Å². The molecule has 0 aromatic heterocycles. The number of rotatable bonds is 10. The van der Waals surface area contributed by atoms with Gasteiger partial charge >= 0.3 is 5.97 Å². The Morgan fingerprint density at radius 1 is 0.812 bits per heavy atom. The molecule has 15 heteroatoms. The Kier molecular flexibility index (Phi) is 23.6. The molecule has 1 saturated carbocycles. The fraction of sp³-hybridized carbons (Fsp3) is 0.759. The number of hydrogen-bond donors (Lipinski definition) is 2. The number of Topliss-reactive ketones (excluding diaryl/α,β-unsaturated/α-hetero) is 3. The van der Waals surface area contributed by atoms with Gasteiger partial charge in [-0.3, -0.25) is 19.2 Å². The lowest BCUT2D eigenvalue weighted by atomic mass is 9.78. The van der Waals surface area contributed by atoms with Crippen LogP contribution in [0.1, 0.15) is 126 Å². The van der Waals surface area contributed by atoms with E-state index in [0.717, 1.165) is 12.0 Å². The van der Waals surface area contributed by atoms with E-state index < -0.39 is 71.8 Å². The zero-order valence-corrected chi connectivity index (χ0v) is 43.4. The molecule has 4 aliphatic rings. The number of aliphatic hydroxyl groups excluding tert-OH is 1. The first-order chi connectivity index (χ1) is 32.8. The van der Waals surface area contributed by atoms with Crippen LogP contribution in [0.25, 0.3) is 0 Å². The van der Waals surface area contributed by atoms with E-state index >= 15 is 0 Å². The lowest BCUT2D eigenvalue weighted by molar-refractivity contribution is -0.265. The van der Waals surface area contributed by atoms with Gasteiger partial charge in [0, 0.05) is 65.6 Å². The third kappa shape index (κ3) is 15.8. The maximum atomic E-state index is 14.5. The molecule has 4 rings (SSSR count). The van der Waals surface area contributed by atoms with Crippen molar-refractivity contribution in [3.05, 3.63) is 47.6 Å². The number of nitrogens with zero attached hydrogens (tertiary/aromatic N) is 1. The highest BCUT2D eigenvalue weighted by atomic mass is 16.6. The second-order valence-corrected chi connectivity index (χ2v) is 20.4. The highest BCUT2D eigenvalue weighted by Crippen LogP contribution is 2.38. The number of aliphatic hydroxyl groups is 2. The molecule has 3 heterocycles. The summed E-state index contributed by atoms with van der Waals surface area (Å²) >= 11 is 0. The van der Waals surface area contributed by atoms with Gasteiger partial charge in [-0.05, 0) is 107 Å². The number of amides is 1. The Morgan fingerprint density at radius 2 is 1.54 bits per heavy atom. The SMILES string of the molecule is CO[C@H]1C[C@@H]2CC[C@@H](C)[C@@](O)(O2)C(=O)C(=O)N2CCCC[C@H]2C(=O)O[C@H]([C@H](C)C[C@@H]2CC[C@@H](OCCO)[C@H](OC)C2)CC(=O)[C@H](C)/C=C(\C)[C@@H](OC)[C@@H](OC)C(=O)[C@H](C)C[C@H](C)/C=C/C=CC=C1C. The van der Waals surface area contributed by atoms with E-state index in [2.05, 4.69) is 0 Å². The molecular weight excluding hydrogens is 887 g/mol. The first kappa shape index (κ1) is 58.2. The van der Waals surface area contributed by atoms with Crippen molar-refractivity contribution in [2.24, 2.45) is 35.5 Å². The molecule has 2 saturated heterocycles. The maximum absolute atomic E-state index is 14.5. The van der Waals surface area contributed by atoms with Crippen molar-refractivity contribution in [2.45, 2.75) is 180 Å². The van der Waals surface area contributed by atoms with Crippen LogP contribution in [0, 0.1) is 35.5 Å². The quantitative estimate of drug-likeness (QED) is 0.131. The summed E-state index contributed by atoms with van der Waals surface area (Å²) < 4.78 is 41.8. The van der Waals surface area contributed by atoms with E-state index in [1.165, 1.54) is 19.1 Å². The van der Waals surface area contributed by atoms with Crippen LogP contribution in [0.5, 0.6) is 0 Å². The Bertz CT molecular complexity index is 1830. The largest absolute Gasteiger partial charge is 0.460 e. The van der Waals surface area contributed by atoms with Crippen molar-refractivity contribution in [1.82, 2.24) is 4.90 Å². The minimum atomic E-state index is -2.43. The first-order valence-electron chi connectivity index (χ1n) is 25.4. The number of piperidine rings is 1. The monoisotopic (exact) mass is 972 g/mol. The summed E-state index contributed by atoms with van der Waals surface area (Å²) in [7, 11) is 6.22. The molecule has 0 unspecified atom stereocenters. The van der Waals surface area contributed by atoms with Gasteiger partial charge in [0.2, 0.25) is 5.79 Å². The van der Waals surface area contributed by atoms with Gasteiger partial charge in [0.05, 0.1) is 37.6 Å². The van der Waals surface area contributed by atoms with Crippen LogP contribution < -0.4 is 0 Å². The van der Waals surface area contributed by atoms with Crippen molar-refractivity contribution >= 4 is 29.2 Å². The van der Waals surface area contributed by atoms with Gasteiger partial charge < -0.3 is 48.3 Å². The molecule has 0 radical (unpaired) electrons. The van der Waals surface area contributed by atoms with Crippen molar-refractivity contribution < 1.29 is 67.3 Å². The fourth-order valence-corrected chi connectivity index (χ4v) is 10.8. The predicted molar refractivity (Wildman–Crippen MR) is 261 cm³/mol. The zero-order valence-electron chi connectivity index (χ0n) is 43.4. The van der Waals surface area contributed by atoms with Crippen LogP contribution in [0.2, 0.25) is 0 Å². The average molecular weight is 972 g/mol. The number of carbonyl (C=O) groups is 5. The Balaban J connectivity index is 1.71. The molecule has 390 valence electrons. The second kappa shape index (κ2) is 28.0. The highest BCUT2D eigenvalue weighted by molar-refractivity contribution is 6.39. The van der Waals surface area contributed by atoms with Gasteiger partial charge in [0.25, 0.3) is 11.7 Å². The van der Waals surface area contributed by atoms with E-state index in [-0.39, 0.29) is 80.0 Å². The molecule has 1 amide bonds. The molecule has 0 aromatic rings. The number of methoxy groups -OCH3 is 4. The predicted octanol–water partition coefficient (Wildman–Crippen LogP) is 6.85. The van der Waals surface area contributed by atoms with E-state index in [4.69, 9.17) is 33.2 Å². The van der Waals surface area contributed by atoms with Gasteiger partial charge in [0.1, 0.15) is 30.1 Å². The van der Waals surface area contributed by atoms with Crippen LogP contribution in [0.3, 0.4) is 0 Å². The Labute approximate surface area is 411 Å². The smallest absolute Gasteiger partial charge is 0.329 e. The minimum absolute atomic E-state index is 0.0564. The number of ether oxygens (including phenoxy) is 7. The topological polar surface area (TPSA) is 194 Å². The molecule has 15 atom stereocenters.